The van der Waals surface area contributed by atoms with Crippen LogP contribution in [0, 0.1) is 11.8 Å². The van der Waals surface area contributed by atoms with E-state index >= 15 is 0 Å². The third kappa shape index (κ3) is 3.50. The topological polar surface area (TPSA) is 78.9 Å². The van der Waals surface area contributed by atoms with Gasteiger partial charge < -0.3 is 15.8 Å². The number of amides is 1. The van der Waals surface area contributed by atoms with E-state index in [2.05, 4.69) is 12.1 Å². The van der Waals surface area contributed by atoms with Crippen LogP contribution in [-0.4, -0.2) is 24.0 Å². The minimum atomic E-state index is -0.629. The zero-order valence-electron chi connectivity index (χ0n) is 12.5. The molecule has 110 valence electrons. The number of amidine groups is 1. The quantitative estimate of drug-likeness (QED) is 0.375. The first kappa shape index (κ1) is 16.0. The van der Waals surface area contributed by atoms with E-state index in [1.54, 1.807) is 11.9 Å². The summed E-state index contributed by atoms with van der Waals surface area (Å²) in [6.45, 7) is 5.82. The van der Waals surface area contributed by atoms with Crippen molar-refractivity contribution >= 4 is 17.4 Å². The molecule has 0 aromatic heterocycles. The summed E-state index contributed by atoms with van der Waals surface area (Å²) in [5, 5.41) is 11.8. The molecule has 5 heteroatoms. The predicted octanol–water partition coefficient (Wildman–Crippen LogP) is 2.23. The van der Waals surface area contributed by atoms with Gasteiger partial charge in [0, 0.05) is 12.7 Å². The highest BCUT2D eigenvalue weighted by Crippen LogP contribution is 2.20. The molecule has 0 aliphatic heterocycles. The van der Waals surface area contributed by atoms with Gasteiger partial charge in [-0.25, -0.2) is 0 Å². The molecule has 0 aliphatic carbocycles. The van der Waals surface area contributed by atoms with Gasteiger partial charge in [0.1, 0.15) is 5.92 Å². The highest BCUT2D eigenvalue weighted by molar-refractivity contribution is 6.08. The van der Waals surface area contributed by atoms with Gasteiger partial charge in [-0.3, -0.25) is 4.79 Å². The number of rotatable bonds is 5. The van der Waals surface area contributed by atoms with Crippen LogP contribution in [0.15, 0.2) is 29.4 Å². The molecule has 0 heterocycles. The van der Waals surface area contributed by atoms with E-state index in [0.717, 1.165) is 12.1 Å². The molecule has 0 fully saturated rings. The van der Waals surface area contributed by atoms with Gasteiger partial charge in [-0.2, -0.15) is 0 Å². The van der Waals surface area contributed by atoms with Crippen LogP contribution in [0.2, 0.25) is 0 Å². The Labute approximate surface area is 120 Å². The summed E-state index contributed by atoms with van der Waals surface area (Å²) in [7, 11) is 1.70. The van der Waals surface area contributed by atoms with Gasteiger partial charge in [-0.1, -0.05) is 38.1 Å². The fraction of sp³-hybridized carbons (Fsp3) is 0.467. The molecule has 1 rings (SSSR count). The maximum atomic E-state index is 12.5. The molecular formula is C15H23N3O2. The first-order valence-corrected chi connectivity index (χ1v) is 6.76. The second-order valence-corrected chi connectivity index (χ2v) is 5.16. The van der Waals surface area contributed by atoms with Gasteiger partial charge in [0.2, 0.25) is 5.91 Å². The minimum Gasteiger partial charge on any atom is -0.409 e. The Morgan fingerprint density at radius 2 is 1.90 bits per heavy atom. The number of hydrogen-bond donors (Lipinski definition) is 2. The monoisotopic (exact) mass is 277 g/mol. The lowest BCUT2D eigenvalue weighted by atomic mass is 9.93. The molecule has 0 bridgehead atoms. The number of aryl methyl sites for hydroxylation is 1. The number of anilines is 1. The van der Waals surface area contributed by atoms with Crippen LogP contribution in [-0.2, 0) is 11.2 Å². The second kappa shape index (κ2) is 6.93. The Kier molecular flexibility index (Phi) is 5.55. The van der Waals surface area contributed by atoms with Crippen LogP contribution >= 0.6 is 0 Å². The zero-order valence-corrected chi connectivity index (χ0v) is 12.5. The molecule has 20 heavy (non-hydrogen) atoms. The SMILES string of the molecule is CCc1ccc(N(C)C(=O)C(C(N)=NO)C(C)C)cc1. The summed E-state index contributed by atoms with van der Waals surface area (Å²) in [6.07, 6.45) is 0.955. The Balaban J connectivity index is 2.98. The molecule has 1 aromatic rings. The van der Waals surface area contributed by atoms with E-state index in [1.807, 2.05) is 38.1 Å². The van der Waals surface area contributed by atoms with Crippen LogP contribution in [0.4, 0.5) is 5.69 Å². The molecule has 0 spiro atoms. The van der Waals surface area contributed by atoms with Crippen molar-refractivity contribution in [3.8, 4) is 0 Å². The van der Waals surface area contributed by atoms with Crippen molar-refractivity contribution in [3.05, 3.63) is 29.8 Å². The highest BCUT2D eigenvalue weighted by atomic mass is 16.4. The number of oxime groups is 1. The van der Waals surface area contributed by atoms with Crippen molar-refractivity contribution in [1.29, 1.82) is 0 Å². The van der Waals surface area contributed by atoms with Crippen molar-refractivity contribution in [3.63, 3.8) is 0 Å². The van der Waals surface area contributed by atoms with Crippen LogP contribution in [0.1, 0.15) is 26.3 Å². The average Bonchev–Trinajstić information content (AvgIpc) is 2.46. The number of carbonyl (C=O) groups is 1. The summed E-state index contributed by atoms with van der Waals surface area (Å²) in [4.78, 5) is 14.0. The molecule has 0 radical (unpaired) electrons. The van der Waals surface area contributed by atoms with E-state index in [9.17, 15) is 4.79 Å². The Morgan fingerprint density at radius 1 is 1.35 bits per heavy atom. The molecule has 0 saturated carbocycles. The van der Waals surface area contributed by atoms with Crippen LogP contribution < -0.4 is 10.6 Å². The zero-order chi connectivity index (χ0) is 15.3. The number of nitrogens with zero attached hydrogens (tertiary/aromatic N) is 2. The smallest absolute Gasteiger partial charge is 0.237 e. The lowest BCUT2D eigenvalue weighted by Gasteiger charge is -2.25. The molecule has 1 atom stereocenters. The minimum absolute atomic E-state index is 0.0456. The fourth-order valence-electron chi connectivity index (χ4n) is 2.11. The van der Waals surface area contributed by atoms with Crippen molar-refractivity contribution in [1.82, 2.24) is 0 Å². The number of carbonyl (C=O) groups excluding carboxylic acids is 1. The predicted molar refractivity (Wildman–Crippen MR) is 81.0 cm³/mol. The Bertz CT molecular complexity index is 480. The number of hydrogen-bond acceptors (Lipinski definition) is 3. The summed E-state index contributed by atoms with van der Waals surface area (Å²) in [5.41, 5.74) is 7.64. The molecule has 1 amide bonds. The summed E-state index contributed by atoms with van der Waals surface area (Å²) >= 11 is 0. The number of benzene rings is 1. The lowest BCUT2D eigenvalue weighted by molar-refractivity contribution is -0.121. The molecule has 0 saturated heterocycles. The average molecular weight is 277 g/mol. The van der Waals surface area contributed by atoms with Gasteiger partial charge in [0.05, 0.1) is 0 Å². The first-order chi connectivity index (χ1) is 9.42. The van der Waals surface area contributed by atoms with E-state index in [4.69, 9.17) is 10.9 Å². The highest BCUT2D eigenvalue weighted by Gasteiger charge is 2.29. The van der Waals surface area contributed by atoms with E-state index in [0.29, 0.717) is 0 Å². The van der Waals surface area contributed by atoms with Crippen molar-refractivity contribution < 1.29 is 10.0 Å². The van der Waals surface area contributed by atoms with E-state index in [1.165, 1.54) is 5.56 Å². The van der Waals surface area contributed by atoms with Crippen LogP contribution in [0.3, 0.4) is 0 Å². The van der Waals surface area contributed by atoms with Crippen LogP contribution in [0.25, 0.3) is 0 Å². The summed E-state index contributed by atoms with van der Waals surface area (Å²) in [6, 6.07) is 7.79. The maximum Gasteiger partial charge on any atom is 0.237 e. The molecule has 5 nitrogen and oxygen atoms in total. The van der Waals surface area contributed by atoms with Crippen molar-refractivity contribution in [2.75, 3.05) is 11.9 Å². The first-order valence-electron chi connectivity index (χ1n) is 6.76. The third-order valence-electron chi connectivity index (χ3n) is 3.43. The third-order valence-corrected chi connectivity index (χ3v) is 3.43. The second-order valence-electron chi connectivity index (χ2n) is 5.16. The fourth-order valence-corrected chi connectivity index (χ4v) is 2.11. The number of nitrogens with two attached hydrogens (primary N) is 1. The van der Waals surface area contributed by atoms with Gasteiger partial charge in [0.15, 0.2) is 5.84 Å². The van der Waals surface area contributed by atoms with Gasteiger partial charge in [0.25, 0.3) is 0 Å². The molecule has 3 N–H and O–H groups in total. The van der Waals surface area contributed by atoms with Crippen molar-refractivity contribution in [2.45, 2.75) is 27.2 Å². The molecule has 1 aromatic carbocycles. The molecular weight excluding hydrogens is 254 g/mol. The maximum absolute atomic E-state index is 12.5. The van der Waals surface area contributed by atoms with E-state index < -0.39 is 5.92 Å². The Morgan fingerprint density at radius 3 is 2.30 bits per heavy atom. The van der Waals surface area contributed by atoms with Gasteiger partial charge >= 0.3 is 0 Å². The Hall–Kier alpha value is -2.04. The summed E-state index contributed by atoms with van der Waals surface area (Å²) in [5.74, 6) is -0.909. The van der Waals surface area contributed by atoms with Gasteiger partial charge in [-0.05, 0) is 30.0 Å². The van der Waals surface area contributed by atoms with Crippen molar-refractivity contribution in [2.24, 2.45) is 22.7 Å². The van der Waals surface area contributed by atoms with Crippen LogP contribution in [0.5, 0.6) is 0 Å². The standard InChI is InChI=1S/C15H23N3O2/c1-5-11-6-8-12(9-7-11)18(4)15(19)13(10(2)3)14(16)17-20/h6-10,13,20H,5H2,1-4H3,(H2,16,17). The normalized spacial score (nSPS) is 13.3. The largest absolute Gasteiger partial charge is 0.409 e. The summed E-state index contributed by atoms with van der Waals surface area (Å²) < 4.78 is 0. The molecule has 1 unspecified atom stereocenters. The molecule has 0 aliphatic rings. The van der Waals surface area contributed by atoms with E-state index in [-0.39, 0.29) is 17.7 Å². The van der Waals surface area contributed by atoms with Gasteiger partial charge in [-0.15, -0.1) is 0 Å². The lowest BCUT2D eigenvalue weighted by Crippen LogP contribution is -2.42.